The van der Waals surface area contributed by atoms with Crippen molar-refractivity contribution in [2.24, 2.45) is 23.7 Å². The summed E-state index contributed by atoms with van der Waals surface area (Å²) in [6, 6.07) is 0.563. The molecule has 13 heavy (non-hydrogen) atoms. The summed E-state index contributed by atoms with van der Waals surface area (Å²) in [5, 5.41) is 3.18. The number of nitrogens with one attached hydrogen (secondary N) is 1. The highest BCUT2D eigenvalue weighted by Gasteiger charge is 2.50. The van der Waals surface area contributed by atoms with Crippen LogP contribution in [-0.4, -0.2) is 11.9 Å². The lowest BCUT2D eigenvalue weighted by Crippen LogP contribution is -2.28. The summed E-state index contributed by atoms with van der Waals surface area (Å²) in [4.78, 5) is 11.5. The van der Waals surface area contributed by atoms with Crippen molar-refractivity contribution < 1.29 is 4.79 Å². The van der Waals surface area contributed by atoms with E-state index in [1.165, 1.54) is 19.3 Å². The fourth-order valence-corrected chi connectivity index (χ4v) is 2.40. The van der Waals surface area contributed by atoms with Gasteiger partial charge in [0, 0.05) is 12.0 Å². The summed E-state index contributed by atoms with van der Waals surface area (Å²) in [5.74, 6) is 3.18. The molecule has 0 heterocycles. The molecule has 2 nitrogen and oxygen atoms in total. The molecule has 1 amide bonds. The summed E-state index contributed by atoms with van der Waals surface area (Å²) in [7, 11) is 0. The van der Waals surface area contributed by atoms with Gasteiger partial charge < -0.3 is 5.32 Å². The van der Waals surface area contributed by atoms with Crippen LogP contribution in [0.1, 0.15) is 32.6 Å². The number of hydrogen-bond donors (Lipinski definition) is 1. The van der Waals surface area contributed by atoms with E-state index in [1.807, 2.05) is 0 Å². The van der Waals surface area contributed by atoms with Crippen molar-refractivity contribution in [3.05, 3.63) is 0 Å². The van der Waals surface area contributed by atoms with Gasteiger partial charge in [0.1, 0.15) is 0 Å². The van der Waals surface area contributed by atoms with Crippen molar-refractivity contribution in [2.45, 2.75) is 38.6 Å². The first-order chi connectivity index (χ1) is 6.25. The van der Waals surface area contributed by atoms with Crippen LogP contribution in [0, 0.1) is 23.7 Å². The zero-order valence-corrected chi connectivity index (χ0v) is 8.12. The molecule has 0 aromatic heterocycles. The lowest BCUT2D eigenvalue weighted by Gasteiger charge is -2.02. The molecule has 3 saturated carbocycles. The Morgan fingerprint density at radius 1 is 1.31 bits per heavy atom. The van der Waals surface area contributed by atoms with Crippen LogP contribution < -0.4 is 5.32 Å². The van der Waals surface area contributed by atoms with Gasteiger partial charge in [-0.3, -0.25) is 4.79 Å². The molecule has 0 spiro atoms. The van der Waals surface area contributed by atoms with Gasteiger partial charge in [-0.05, 0) is 43.4 Å². The minimum absolute atomic E-state index is 0.334. The van der Waals surface area contributed by atoms with Crippen LogP contribution in [0.15, 0.2) is 0 Å². The SMILES string of the molecule is C[C@H]1C[C@@H]1C(=O)N[C@@H]1C[C@H]1C1CC1. The summed E-state index contributed by atoms with van der Waals surface area (Å²) in [5.41, 5.74) is 0. The van der Waals surface area contributed by atoms with Crippen LogP contribution >= 0.6 is 0 Å². The van der Waals surface area contributed by atoms with Gasteiger partial charge in [-0.15, -0.1) is 0 Å². The van der Waals surface area contributed by atoms with E-state index in [0.717, 1.165) is 18.3 Å². The molecule has 2 heteroatoms. The number of rotatable bonds is 3. The summed E-state index contributed by atoms with van der Waals surface area (Å²) in [6.07, 6.45) is 5.21. The first-order valence-corrected chi connectivity index (χ1v) is 5.56. The first kappa shape index (κ1) is 7.84. The molecule has 0 aromatic carbocycles. The Kier molecular flexibility index (Phi) is 1.50. The van der Waals surface area contributed by atoms with Crippen LogP contribution in [0.3, 0.4) is 0 Å². The molecule has 4 atom stereocenters. The Morgan fingerprint density at radius 3 is 2.54 bits per heavy atom. The lowest BCUT2D eigenvalue weighted by molar-refractivity contribution is -0.122. The molecule has 3 rings (SSSR count). The molecule has 0 bridgehead atoms. The van der Waals surface area contributed by atoms with Gasteiger partial charge in [-0.2, -0.15) is 0 Å². The Hall–Kier alpha value is -0.530. The van der Waals surface area contributed by atoms with E-state index < -0.39 is 0 Å². The van der Waals surface area contributed by atoms with Crippen molar-refractivity contribution in [1.82, 2.24) is 5.32 Å². The summed E-state index contributed by atoms with van der Waals surface area (Å²) < 4.78 is 0. The van der Waals surface area contributed by atoms with E-state index in [2.05, 4.69) is 12.2 Å². The van der Waals surface area contributed by atoms with Gasteiger partial charge in [-0.25, -0.2) is 0 Å². The molecule has 0 saturated heterocycles. The third kappa shape index (κ3) is 1.47. The molecule has 0 radical (unpaired) electrons. The van der Waals surface area contributed by atoms with Crippen LogP contribution in [0.5, 0.6) is 0 Å². The van der Waals surface area contributed by atoms with Crippen molar-refractivity contribution in [2.75, 3.05) is 0 Å². The van der Waals surface area contributed by atoms with E-state index in [9.17, 15) is 4.79 Å². The second-order valence-corrected chi connectivity index (χ2v) is 5.17. The van der Waals surface area contributed by atoms with Gasteiger partial charge >= 0.3 is 0 Å². The quantitative estimate of drug-likeness (QED) is 0.700. The molecule has 1 N–H and O–H groups in total. The zero-order chi connectivity index (χ0) is 9.00. The number of hydrogen-bond acceptors (Lipinski definition) is 1. The van der Waals surface area contributed by atoms with Crippen LogP contribution in [-0.2, 0) is 4.79 Å². The predicted molar refractivity (Wildman–Crippen MR) is 50.0 cm³/mol. The molecule has 0 aromatic rings. The van der Waals surface area contributed by atoms with Crippen molar-refractivity contribution in [1.29, 1.82) is 0 Å². The first-order valence-electron chi connectivity index (χ1n) is 5.56. The summed E-state index contributed by atoms with van der Waals surface area (Å²) >= 11 is 0. The van der Waals surface area contributed by atoms with Crippen molar-refractivity contribution in [3.8, 4) is 0 Å². The maximum absolute atomic E-state index is 11.5. The Balaban J connectivity index is 1.45. The molecule has 3 fully saturated rings. The second kappa shape index (κ2) is 2.49. The van der Waals surface area contributed by atoms with Gasteiger partial charge in [0.25, 0.3) is 0 Å². The van der Waals surface area contributed by atoms with Gasteiger partial charge in [0.2, 0.25) is 5.91 Å². The normalized spacial score (nSPS) is 47.2. The zero-order valence-electron chi connectivity index (χ0n) is 8.12. The topological polar surface area (TPSA) is 29.1 Å². The van der Waals surface area contributed by atoms with Crippen molar-refractivity contribution >= 4 is 5.91 Å². The molecule has 0 aliphatic heterocycles. The van der Waals surface area contributed by atoms with E-state index in [4.69, 9.17) is 0 Å². The largest absolute Gasteiger partial charge is 0.353 e. The molecule has 3 aliphatic rings. The van der Waals surface area contributed by atoms with E-state index in [-0.39, 0.29) is 0 Å². The van der Waals surface area contributed by atoms with E-state index in [0.29, 0.717) is 23.8 Å². The highest BCUT2D eigenvalue weighted by atomic mass is 16.2. The molecular weight excluding hydrogens is 162 g/mol. The minimum Gasteiger partial charge on any atom is -0.353 e. The molecule has 3 aliphatic carbocycles. The average molecular weight is 179 g/mol. The average Bonchev–Trinajstić information content (AvgIpc) is 2.89. The Bertz CT molecular complexity index is 246. The predicted octanol–water partition coefficient (Wildman–Crippen LogP) is 1.56. The maximum Gasteiger partial charge on any atom is 0.223 e. The lowest BCUT2D eigenvalue weighted by atomic mass is 10.2. The number of amides is 1. The minimum atomic E-state index is 0.334. The molecule has 0 unspecified atom stereocenters. The van der Waals surface area contributed by atoms with Gasteiger partial charge in [0.15, 0.2) is 0 Å². The standard InChI is InChI=1S/C11H17NO/c1-6-4-8(6)11(13)12-10-5-9(10)7-2-3-7/h6-10H,2-5H2,1H3,(H,12,13)/t6-,8-,9-,10+/m0/s1. The third-order valence-electron chi connectivity index (χ3n) is 3.84. The molecular formula is C11H17NO. The monoisotopic (exact) mass is 179 g/mol. The highest BCUT2D eigenvalue weighted by Crippen LogP contribution is 2.50. The van der Waals surface area contributed by atoms with E-state index >= 15 is 0 Å². The fraction of sp³-hybridized carbons (Fsp3) is 0.909. The van der Waals surface area contributed by atoms with Crippen LogP contribution in [0.25, 0.3) is 0 Å². The highest BCUT2D eigenvalue weighted by molar-refractivity contribution is 5.82. The van der Waals surface area contributed by atoms with Crippen LogP contribution in [0.2, 0.25) is 0 Å². The Labute approximate surface area is 79.1 Å². The molecule has 72 valence electrons. The Morgan fingerprint density at radius 2 is 2.00 bits per heavy atom. The van der Waals surface area contributed by atoms with Crippen LogP contribution in [0.4, 0.5) is 0 Å². The fourth-order valence-electron chi connectivity index (χ4n) is 2.40. The maximum atomic E-state index is 11.5. The van der Waals surface area contributed by atoms with Gasteiger partial charge in [-0.1, -0.05) is 6.92 Å². The number of carbonyl (C=O) groups excluding carboxylic acids is 1. The second-order valence-electron chi connectivity index (χ2n) is 5.17. The summed E-state index contributed by atoms with van der Waals surface area (Å²) in [6.45, 7) is 2.16. The number of carbonyl (C=O) groups is 1. The van der Waals surface area contributed by atoms with Gasteiger partial charge in [0.05, 0.1) is 0 Å². The van der Waals surface area contributed by atoms with Crippen molar-refractivity contribution in [3.63, 3.8) is 0 Å². The third-order valence-corrected chi connectivity index (χ3v) is 3.84. The smallest absolute Gasteiger partial charge is 0.223 e. The van der Waals surface area contributed by atoms with E-state index in [1.54, 1.807) is 0 Å².